The number of unbranched alkanes of at least 4 members (excludes halogenated alkanes) is 5. The number of hydrogen-bond acceptors (Lipinski definition) is 3. The van der Waals surface area contributed by atoms with Gasteiger partial charge in [-0.05, 0) is 41.3 Å². The van der Waals surface area contributed by atoms with E-state index in [2.05, 4.69) is 13.0 Å². The van der Waals surface area contributed by atoms with Crippen LogP contribution >= 0.6 is 0 Å². The van der Waals surface area contributed by atoms with Gasteiger partial charge in [-0.3, -0.25) is 0 Å². The summed E-state index contributed by atoms with van der Waals surface area (Å²) in [6.07, 6.45) is 8.52. The molecule has 23 heavy (non-hydrogen) atoms. The van der Waals surface area contributed by atoms with Gasteiger partial charge in [-0.25, -0.2) is 8.42 Å². The van der Waals surface area contributed by atoms with E-state index in [4.69, 9.17) is 0 Å². The first kappa shape index (κ1) is 20.7. The molecule has 3 nitrogen and oxygen atoms in total. The molecule has 120 valence electrons. The Kier molecular flexibility index (Phi) is 8.80. The molecule has 2 aromatic carbocycles. The van der Waals surface area contributed by atoms with Crippen LogP contribution in [0.3, 0.4) is 0 Å². The van der Waals surface area contributed by atoms with E-state index in [-0.39, 0.29) is 34.5 Å². The molecular weight excluding hydrogens is 319 g/mol. The number of fused-ring (bicyclic) bond motifs is 1. The Morgan fingerprint density at radius 2 is 1.52 bits per heavy atom. The van der Waals surface area contributed by atoms with Gasteiger partial charge in [0, 0.05) is 0 Å². The molecule has 0 aromatic heterocycles. The zero-order chi connectivity index (χ0) is 16.0. The Morgan fingerprint density at radius 3 is 2.22 bits per heavy atom. The minimum Gasteiger partial charge on any atom is -0.744 e. The number of rotatable bonds is 8. The normalized spacial score (nSPS) is 11.4. The SMILES string of the molecule is CCCCCCCCc1ccc2ccc(S(=O)(=O)[O-])cc2c1.[Na+]. The van der Waals surface area contributed by atoms with Crippen molar-refractivity contribution in [3.8, 4) is 0 Å². The maximum absolute atomic E-state index is 11.1. The van der Waals surface area contributed by atoms with Crippen LogP contribution < -0.4 is 29.6 Å². The molecule has 5 heteroatoms. The molecule has 0 fully saturated rings. The summed E-state index contributed by atoms with van der Waals surface area (Å²) in [5.41, 5.74) is 1.20. The van der Waals surface area contributed by atoms with Crippen molar-refractivity contribution in [3.05, 3.63) is 42.0 Å². The molecule has 0 N–H and O–H groups in total. The summed E-state index contributed by atoms with van der Waals surface area (Å²) in [4.78, 5) is -0.156. The summed E-state index contributed by atoms with van der Waals surface area (Å²) in [6, 6.07) is 10.6. The summed E-state index contributed by atoms with van der Waals surface area (Å²) in [5, 5.41) is 1.78. The molecule has 0 aliphatic carbocycles. The number of benzene rings is 2. The third-order valence-corrected chi connectivity index (χ3v) is 4.82. The van der Waals surface area contributed by atoms with Crippen LogP contribution in [0.1, 0.15) is 51.0 Å². The molecule has 0 saturated carbocycles. The third kappa shape index (κ3) is 6.55. The monoisotopic (exact) mass is 342 g/mol. The van der Waals surface area contributed by atoms with Gasteiger partial charge in [0.15, 0.2) is 0 Å². The van der Waals surface area contributed by atoms with Crippen molar-refractivity contribution in [2.24, 2.45) is 0 Å². The minimum absolute atomic E-state index is 0. The quantitative estimate of drug-likeness (QED) is 0.416. The summed E-state index contributed by atoms with van der Waals surface area (Å²) in [7, 11) is -4.39. The first-order chi connectivity index (χ1) is 10.5. The zero-order valence-electron chi connectivity index (χ0n) is 14.0. The molecule has 0 bridgehead atoms. The van der Waals surface area contributed by atoms with E-state index >= 15 is 0 Å². The molecule has 2 rings (SSSR count). The summed E-state index contributed by atoms with van der Waals surface area (Å²) >= 11 is 0. The van der Waals surface area contributed by atoms with Gasteiger partial charge in [0.2, 0.25) is 0 Å². The van der Waals surface area contributed by atoms with Gasteiger partial charge in [-0.15, -0.1) is 0 Å². The largest absolute Gasteiger partial charge is 1.00 e. The van der Waals surface area contributed by atoms with Crippen molar-refractivity contribution < 1.29 is 42.5 Å². The van der Waals surface area contributed by atoms with Crippen LogP contribution in [0.15, 0.2) is 41.3 Å². The molecule has 2 aromatic rings. The van der Waals surface area contributed by atoms with Gasteiger partial charge in [0.1, 0.15) is 10.1 Å². The van der Waals surface area contributed by atoms with Gasteiger partial charge in [0.05, 0.1) is 4.90 Å². The Balaban J connectivity index is 0.00000264. The van der Waals surface area contributed by atoms with Gasteiger partial charge in [-0.2, -0.15) is 0 Å². The van der Waals surface area contributed by atoms with E-state index in [1.54, 1.807) is 6.07 Å². The van der Waals surface area contributed by atoms with Crippen LogP contribution in [0, 0.1) is 0 Å². The molecule has 0 atom stereocenters. The van der Waals surface area contributed by atoms with E-state index < -0.39 is 10.1 Å². The summed E-state index contributed by atoms with van der Waals surface area (Å²) in [6.45, 7) is 2.21. The summed E-state index contributed by atoms with van der Waals surface area (Å²) < 4.78 is 33.3. The fraction of sp³-hybridized carbons (Fsp3) is 0.444. The van der Waals surface area contributed by atoms with Crippen molar-refractivity contribution in [2.75, 3.05) is 0 Å². The minimum atomic E-state index is -4.39. The van der Waals surface area contributed by atoms with Crippen molar-refractivity contribution >= 4 is 20.9 Å². The average molecular weight is 342 g/mol. The predicted molar refractivity (Wildman–Crippen MR) is 89.0 cm³/mol. The first-order valence-corrected chi connectivity index (χ1v) is 9.40. The Morgan fingerprint density at radius 1 is 0.870 bits per heavy atom. The maximum atomic E-state index is 11.1. The van der Waals surface area contributed by atoms with E-state index in [0.717, 1.165) is 23.6 Å². The van der Waals surface area contributed by atoms with Gasteiger partial charge >= 0.3 is 29.6 Å². The molecule has 0 radical (unpaired) electrons. The van der Waals surface area contributed by atoms with E-state index in [1.165, 1.54) is 49.8 Å². The first-order valence-electron chi connectivity index (χ1n) is 7.99. The third-order valence-electron chi connectivity index (χ3n) is 3.98. The second kappa shape index (κ2) is 9.80. The van der Waals surface area contributed by atoms with Crippen molar-refractivity contribution in [3.63, 3.8) is 0 Å². The second-order valence-corrected chi connectivity index (χ2v) is 7.19. The Hall–Kier alpha value is -0.390. The molecule has 0 saturated heterocycles. The van der Waals surface area contributed by atoms with Gasteiger partial charge in [-0.1, -0.05) is 63.3 Å². The summed E-state index contributed by atoms with van der Waals surface area (Å²) in [5.74, 6) is 0. The molecule has 0 spiro atoms. The van der Waals surface area contributed by atoms with Crippen LogP contribution in [0.5, 0.6) is 0 Å². The van der Waals surface area contributed by atoms with Crippen LogP contribution in [-0.2, 0) is 16.5 Å². The fourth-order valence-electron chi connectivity index (χ4n) is 2.69. The van der Waals surface area contributed by atoms with Crippen molar-refractivity contribution in [2.45, 2.75) is 56.8 Å². The van der Waals surface area contributed by atoms with Gasteiger partial charge < -0.3 is 4.55 Å². The van der Waals surface area contributed by atoms with Crippen molar-refractivity contribution in [1.82, 2.24) is 0 Å². The smallest absolute Gasteiger partial charge is 0.744 e. The average Bonchev–Trinajstić information content (AvgIpc) is 2.49. The number of hydrogen-bond donors (Lipinski definition) is 0. The Labute approximate surface area is 161 Å². The predicted octanol–water partition coefficient (Wildman–Crippen LogP) is 1.65. The fourth-order valence-corrected chi connectivity index (χ4v) is 3.20. The molecule has 0 aliphatic rings. The number of aryl methyl sites for hydroxylation is 1. The van der Waals surface area contributed by atoms with Crippen LogP contribution in [0.4, 0.5) is 0 Å². The van der Waals surface area contributed by atoms with Crippen molar-refractivity contribution in [1.29, 1.82) is 0 Å². The molecule has 0 heterocycles. The van der Waals surface area contributed by atoms with Gasteiger partial charge in [0.25, 0.3) is 0 Å². The second-order valence-electron chi connectivity index (χ2n) is 5.82. The Bertz CT molecular complexity index is 726. The van der Waals surface area contributed by atoms with E-state index in [1.807, 2.05) is 12.1 Å². The molecule has 0 amide bonds. The maximum Gasteiger partial charge on any atom is 1.00 e. The van der Waals surface area contributed by atoms with E-state index in [9.17, 15) is 13.0 Å². The van der Waals surface area contributed by atoms with E-state index in [0.29, 0.717) is 0 Å². The van der Waals surface area contributed by atoms with Crippen LogP contribution in [0.2, 0.25) is 0 Å². The zero-order valence-corrected chi connectivity index (χ0v) is 16.9. The molecule has 0 aliphatic heterocycles. The molecular formula is C18H23NaO3S. The van der Waals surface area contributed by atoms with Crippen LogP contribution in [-0.4, -0.2) is 13.0 Å². The topological polar surface area (TPSA) is 57.2 Å². The van der Waals surface area contributed by atoms with Crippen LogP contribution in [0.25, 0.3) is 10.8 Å². The standard InChI is InChI=1S/C18H24O3S.Na/c1-2-3-4-5-6-7-8-15-9-10-16-11-12-18(22(19,20)21)14-17(16)13-15;/h9-14H,2-8H2,1H3,(H,19,20,21);/q;+1/p-1. The molecule has 0 unspecified atom stereocenters.